The molecular formula is C8H13NO2. The van der Waals surface area contributed by atoms with Crippen molar-refractivity contribution in [2.75, 3.05) is 13.2 Å². The number of carbonyl (C=O) groups excluding carboxylic acids is 1. The summed E-state index contributed by atoms with van der Waals surface area (Å²) in [6, 6.07) is 0. The minimum absolute atomic E-state index is 0.238. The van der Waals surface area contributed by atoms with E-state index in [0.717, 1.165) is 5.57 Å². The van der Waals surface area contributed by atoms with Crippen LogP contribution < -0.4 is 5.32 Å². The Bertz CT molecular complexity index is 163. The van der Waals surface area contributed by atoms with Gasteiger partial charge in [-0.05, 0) is 6.92 Å². The van der Waals surface area contributed by atoms with Crippen LogP contribution in [0.3, 0.4) is 0 Å². The van der Waals surface area contributed by atoms with Crippen LogP contribution in [0.1, 0.15) is 6.92 Å². The lowest BCUT2D eigenvalue weighted by molar-refractivity contribution is 0.159. The highest BCUT2D eigenvalue weighted by Crippen LogP contribution is 1.83. The normalized spacial score (nSPS) is 8.45. The first-order chi connectivity index (χ1) is 5.16. The van der Waals surface area contributed by atoms with Crippen LogP contribution in [0.5, 0.6) is 0 Å². The molecular weight excluding hydrogens is 142 g/mol. The number of carbonyl (C=O) groups is 1. The second-order valence-electron chi connectivity index (χ2n) is 2.20. The molecule has 62 valence electrons. The molecule has 0 aromatic carbocycles. The van der Waals surface area contributed by atoms with Gasteiger partial charge in [-0.2, -0.15) is 0 Å². The largest absolute Gasteiger partial charge is 0.445 e. The van der Waals surface area contributed by atoms with E-state index in [9.17, 15) is 4.79 Å². The zero-order chi connectivity index (χ0) is 8.69. The van der Waals surface area contributed by atoms with Crippen LogP contribution in [0.4, 0.5) is 4.79 Å². The van der Waals surface area contributed by atoms with E-state index in [1.165, 1.54) is 6.08 Å². The molecule has 0 saturated heterocycles. The van der Waals surface area contributed by atoms with Crippen molar-refractivity contribution in [3.05, 3.63) is 24.8 Å². The lowest BCUT2D eigenvalue weighted by Crippen LogP contribution is -2.25. The number of nitrogens with one attached hydrogen (secondary N) is 1. The number of alkyl carbamates (subject to hydrolysis) is 1. The molecule has 0 aromatic rings. The van der Waals surface area contributed by atoms with E-state index in [4.69, 9.17) is 0 Å². The predicted molar refractivity (Wildman–Crippen MR) is 44.4 cm³/mol. The van der Waals surface area contributed by atoms with Crippen LogP contribution in [-0.2, 0) is 4.74 Å². The second kappa shape index (κ2) is 5.53. The van der Waals surface area contributed by atoms with Gasteiger partial charge in [0.05, 0.1) is 0 Å². The zero-order valence-electron chi connectivity index (χ0n) is 6.72. The summed E-state index contributed by atoms with van der Waals surface area (Å²) in [4.78, 5) is 10.7. The van der Waals surface area contributed by atoms with Gasteiger partial charge in [-0.3, -0.25) is 0 Å². The average Bonchev–Trinajstić information content (AvgIpc) is 1.97. The van der Waals surface area contributed by atoms with Gasteiger partial charge >= 0.3 is 6.09 Å². The lowest BCUT2D eigenvalue weighted by atomic mass is 10.4. The first-order valence-electron chi connectivity index (χ1n) is 3.32. The second-order valence-corrected chi connectivity index (χ2v) is 2.20. The van der Waals surface area contributed by atoms with Gasteiger partial charge < -0.3 is 10.1 Å². The molecule has 11 heavy (non-hydrogen) atoms. The van der Waals surface area contributed by atoms with E-state index >= 15 is 0 Å². The summed E-state index contributed by atoms with van der Waals surface area (Å²) in [5.74, 6) is 0. The van der Waals surface area contributed by atoms with E-state index in [1.54, 1.807) is 0 Å². The molecule has 0 radical (unpaired) electrons. The first kappa shape index (κ1) is 9.75. The lowest BCUT2D eigenvalue weighted by Gasteiger charge is -2.03. The van der Waals surface area contributed by atoms with Gasteiger partial charge in [0.25, 0.3) is 0 Å². The predicted octanol–water partition coefficient (Wildman–Crippen LogP) is 1.47. The van der Waals surface area contributed by atoms with Crippen molar-refractivity contribution in [1.82, 2.24) is 5.32 Å². The molecule has 3 heteroatoms. The summed E-state index contributed by atoms with van der Waals surface area (Å²) in [6.45, 7) is 9.54. The van der Waals surface area contributed by atoms with Crippen molar-refractivity contribution in [3.8, 4) is 0 Å². The van der Waals surface area contributed by atoms with Gasteiger partial charge in [-0.1, -0.05) is 24.8 Å². The Hall–Kier alpha value is -1.25. The number of amides is 1. The van der Waals surface area contributed by atoms with E-state index < -0.39 is 6.09 Å². The molecule has 3 nitrogen and oxygen atoms in total. The molecule has 0 aromatic heterocycles. The van der Waals surface area contributed by atoms with Crippen molar-refractivity contribution in [2.24, 2.45) is 0 Å². The van der Waals surface area contributed by atoms with Crippen molar-refractivity contribution in [1.29, 1.82) is 0 Å². The summed E-state index contributed by atoms with van der Waals surface area (Å²) in [5, 5.41) is 2.51. The third-order valence-electron chi connectivity index (χ3n) is 0.867. The first-order valence-corrected chi connectivity index (χ1v) is 3.32. The van der Waals surface area contributed by atoms with Crippen LogP contribution >= 0.6 is 0 Å². The van der Waals surface area contributed by atoms with Crippen LogP contribution in [0.15, 0.2) is 24.8 Å². The van der Waals surface area contributed by atoms with Crippen molar-refractivity contribution in [2.45, 2.75) is 6.92 Å². The maximum atomic E-state index is 10.7. The molecule has 1 amide bonds. The van der Waals surface area contributed by atoms with Crippen LogP contribution in [0, 0.1) is 0 Å². The average molecular weight is 155 g/mol. The third-order valence-corrected chi connectivity index (χ3v) is 0.867. The smallest absolute Gasteiger partial charge is 0.407 e. The molecule has 0 spiro atoms. The fraction of sp³-hybridized carbons (Fsp3) is 0.375. The summed E-state index contributed by atoms with van der Waals surface area (Å²) in [7, 11) is 0. The maximum Gasteiger partial charge on any atom is 0.407 e. The molecule has 0 atom stereocenters. The highest BCUT2D eigenvalue weighted by atomic mass is 16.5. The van der Waals surface area contributed by atoms with E-state index in [0.29, 0.717) is 6.54 Å². The SMILES string of the molecule is C=CCOC(=O)NCC(=C)C. The molecule has 0 aliphatic rings. The quantitative estimate of drug-likeness (QED) is 0.624. The highest BCUT2D eigenvalue weighted by Gasteiger charge is 1.97. The monoisotopic (exact) mass is 155 g/mol. The molecule has 0 aliphatic heterocycles. The fourth-order valence-electron chi connectivity index (χ4n) is 0.409. The van der Waals surface area contributed by atoms with Crippen LogP contribution in [0.2, 0.25) is 0 Å². The Kier molecular flexibility index (Phi) is 4.90. The summed E-state index contributed by atoms with van der Waals surface area (Å²) < 4.78 is 4.63. The van der Waals surface area contributed by atoms with Gasteiger partial charge in [0.2, 0.25) is 0 Å². The van der Waals surface area contributed by atoms with Crippen molar-refractivity contribution < 1.29 is 9.53 Å². The van der Waals surface area contributed by atoms with Gasteiger partial charge in [0.15, 0.2) is 0 Å². The number of rotatable bonds is 4. The van der Waals surface area contributed by atoms with Crippen molar-refractivity contribution >= 4 is 6.09 Å². The molecule has 0 saturated carbocycles. The Balaban J connectivity index is 3.37. The Labute approximate surface area is 66.7 Å². The Morgan fingerprint density at radius 2 is 2.36 bits per heavy atom. The maximum absolute atomic E-state index is 10.7. The summed E-state index contributed by atoms with van der Waals surface area (Å²) in [5.41, 5.74) is 0.889. The minimum Gasteiger partial charge on any atom is -0.445 e. The highest BCUT2D eigenvalue weighted by molar-refractivity contribution is 5.67. The van der Waals surface area contributed by atoms with Crippen LogP contribution in [-0.4, -0.2) is 19.2 Å². The molecule has 1 N–H and O–H groups in total. The standard InChI is InChI=1S/C8H13NO2/c1-4-5-11-8(10)9-6-7(2)3/h4H,1-2,5-6H2,3H3,(H,9,10). The fourth-order valence-corrected chi connectivity index (χ4v) is 0.409. The number of ether oxygens (including phenoxy) is 1. The van der Waals surface area contributed by atoms with Gasteiger partial charge in [-0.25, -0.2) is 4.79 Å². The molecule has 0 bridgehead atoms. The topological polar surface area (TPSA) is 38.3 Å². The van der Waals surface area contributed by atoms with E-state index in [2.05, 4.69) is 23.2 Å². The Morgan fingerprint density at radius 1 is 1.73 bits per heavy atom. The van der Waals surface area contributed by atoms with E-state index in [-0.39, 0.29) is 6.61 Å². The zero-order valence-corrected chi connectivity index (χ0v) is 6.72. The third kappa shape index (κ3) is 6.64. The molecule has 0 rings (SSSR count). The summed E-state index contributed by atoms with van der Waals surface area (Å²) >= 11 is 0. The number of hydrogen-bond donors (Lipinski definition) is 1. The molecule has 0 heterocycles. The van der Waals surface area contributed by atoms with Crippen LogP contribution in [0.25, 0.3) is 0 Å². The summed E-state index contributed by atoms with van der Waals surface area (Å²) in [6.07, 6.45) is 1.08. The Morgan fingerprint density at radius 3 is 2.82 bits per heavy atom. The van der Waals surface area contributed by atoms with Gasteiger partial charge in [0, 0.05) is 6.54 Å². The number of hydrogen-bond acceptors (Lipinski definition) is 2. The van der Waals surface area contributed by atoms with Gasteiger partial charge in [0.1, 0.15) is 6.61 Å². The van der Waals surface area contributed by atoms with Crippen molar-refractivity contribution in [3.63, 3.8) is 0 Å². The molecule has 0 fully saturated rings. The van der Waals surface area contributed by atoms with E-state index in [1.807, 2.05) is 6.92 Å². The molecule has 0 unspecified atom stereocenters. The molecule has 0 aliphatic carbocycles. The minimum atomic E-state index is -0.437. The van der Waals surface area contributed by atoms with Gasteiger partial charge in [-0.15, -0.1) is 0 Å².